The fraction of sp³-hybridized carbons (Fsp3) is 0. The van der Waals surface area contributed by atoms with Crippen LogP contribution in [-0.4, -0.2) is 4.98 Å². The average molecular weight is 321 g/mol. The maximum atomic E-state index is 5.96. The van der Waals surface area contributed by atoms with Gasteiger partial charge >= 0.3 is 0 Å². The first-order valence-electron chi connectivity index (χ1n) is 3.58. The summed E-state index contributed by atoms with van der Waals surface area (Å²) >= 11 is 12.7. The van der Waals surface area contributed by atoms with Gasteiger partial charge in [-0.2, -0.15) is 0 Å². The van der Waals surface area contributed by atoms with Gasteiger partial charge in [0.1, 0.15) is 9.76 Å². The largest absolute Gasteiger partial charge is 0.229 e. The Morgan fingerprint density at radius 1 is 1.15 bits per heavy atom. The van der Waals surface area contributed by atoms with E-state index in [2.05, 4.69) is 36.8 Å². The molecule has 1 nitrogen and oxygen atoms in total. The molecule has 1 aromatic carbocycles. The van der Waals surface area contributed by atoms with Crippen LogP contribution < -0.4 is 0 Å². The van der Waals surface area contributed by atoms with Gasteiger partial charge in [0.05, 0.1) is 0 Å². The van der Waals surface area contributed by atoms with E-state index in [9.17, 15) is 0 Å². The lowest BCUT2D eigenvalue weighted by atomic mass is 10.2. The molecule has 13 heavy (non-hydrogen) atoms. The van der Waals surface area contributed by atoms with Crippen molar-refractivity contribution in [3.63, 3.8) is 0 Å². The SMILES string of the molecule is Clc1nc(Br)cc2cc(Br)ccc12. The Balaban J connectivity index is 2.86. The van der Waals surface area contributed by atoms with Crippen molar-refractivity contribution in [2.75, 3.05) is 0 Å². The number of pyridine rings is 1. The molecule has 1 heterocycles. The summed E-state index contributed by atoms with van der Waals surface area (Å²) in [6, 6.07) is 7.84. The number of nitrogens with zero attached hydrogens (tertiary/aromatic N) is 1. The fourth-order valence-corrected chi connectivity index (χ4v) is 2.32. The number of fused-ring (bicyclic) bond motifs is 1. The number of halogens is 3. The molecule has 0 atom stereocenters. The summed E-state index contributed by atoms with van der Waals surface area (Å²) in [4.78, 5) is 4.10. The second kappa shape index (κ2) is 3.56. The smallest absolute Gasteiger partial charge is 0.138 e. The molecule has 0 spiro atoms. The van der Waals surface area contributed by atoms with Crippen LogP contribution in [0.4, 0.5) is 0 Å². The summed E-state index contributed by atoms with van der Waals surface area (Å²) in [5, 5.41) is 2.56. The molecule has 0 bridgehead atoms. The van der Waals surface area contributed by atoms with Gasteiger partial charge in [0.15, 0.2) is 0 Å². The lowest BCUT2D eigenvalue weighted by Gasteiger charge is -2.01. The normalized spacial score (nSPS) is 10.7. The van der Waals surface area contributed by atoms with Crippen molar-refractivity contribution in [1.82, 2.24) is 4.98 Å². The van der Waals surface area contributed by atoms with Gasteiger partial charge in [0.2, 0.25) is 0 Å². The van der Waals surface area contributed by atoms with Gasteiger partial charge in [0.25, 0.3) is 0 Å². The predicted molar refractivity (Wildman–Crippen MR) is 62.2 cm³/mol. The molecule has 0 radical (unpaired) electrons. The Bertz CT molecular complexity index is 465. The first-order chi connectivity index (χ1) is 6.16. The number of rotatable bonds is 0. The zero-order valence-electron chi connectivity index (χ0n) is 6.39. The molecule has 0 fully saturated rings. The van der Waals surface area contributed by atoms with Crippen LogP contribution in [0.2, 0.25) is 5.15 Å². The summed E-state index contributed by atoms with van der Waals surface area (Å²) in [5.74, 6) is 0. The van der Waals surface area contributed by atoms with Gasteiger partial charge in [-0.15, -0.1) is 0 Å². The lowest BCUT2D eigenvalue weighted by Crippen LogP contribution is -1.80. The third kappa shape index (κ3) is 1.87. The Morgan fingerprint density at radius 2 is 1.92 bits per heavy atom. The summed E-state index contributed by atoms with van der Waals surface area (Å²) in [6.07, 6.45) is 0. The fourth-order valence-electron chi connectivity index (χ4n) is 1.16. The topological polar surface area (TPSA) is 12.9 Å². The first kappa shape index (κ1) is 9.44. The molecule has 0 aliphatic carbocycles. The first-order valence-corrected chi connectivity index (χ1v) is 5.54. The van der Waals surface area contributed by atoms with Crippen LogP contribution in [0, 0.1) is 0 Å². The number of hydrogen-bond donors (Lipinski definition) is 0. The third-order valence-electron chi connectivity index (χ3n) is 1.72. The molecule has 0 aliphatic rings. The molecular weight excluding hydrogens is 317 g/mol. The average Bonchev–Trinajstić information content (AvgIpc) is 2.02. The molecule has 0 saturated carbocycles. The van der Waals surface area contributed by atoms with Crippen LogP contribution in [0.25, 0.3) is 10.8 Å². The minimum Gasteiger partial charge on any atom is -0.229 e. The molecule has 0 aliphatic heterocycles. The van der Waals surface area contributed by atoms with Crippen LogP contribution in [-0.2, 0) is 0 Å². The standard InChI is InChI=1S/C9H4Br2ClN/c10-6-1-2-7-5(3-6)4-8(11)13-9(7)12/h1-4H. The zero-order chi connectivity index (χ0) is 9.42. The van der Waals surface area contributed by atoms with E-state index in [-0.39, 0.29) is 0 Å². The number of hydrogen-bond acceptors (Lipinski definition) is 1. The van der Waals surface area contributed by atoms with Crippen LogP contribution >= 0.6 is 43.5 Å². The van der Waals surface area contributed by atoms with Crippen LogP contribution in [0.5, 0.6) is 0 Å². The van der Waals surface area contributed by atoms with E-state index < -0.39 is 0 Å². The monoisotopic (exact) mass is 319 g/mol. The second-order valence-electron chi connectivity index (χ2n) is 2.60. The zero-order valence-corrected chi connectivity index (χ0v) is 10.3. The Hall–Kier alpha value is -0.120. The summed E-state index contributed by atoms with van der Waals surface area (Å²) < 4.78 is 1.79. The highest BCUT2D eigenvalue weighted by Crippen LogP contribution is 2.27. The molecule has 4 heteroatoms. The summed E-state index contributed by atoms with van der Waals surface area (Å²) in [6.45, 7) is 0. The van der Waals surface area contributed by atoms with Crippen LogP contribution in [0.1, 0.15) is 0 Å². The summed E-state index contributed by atoms with van der Waals surface area (Å²) in [5.41, 5.74) is 0. The highest BCUT2D eigenvalue weighted by atomic mass is 79.9. The number of benzene rings is 1. The van der Waals surface area contributed by atoms with E-state index in [1.54, 1.807) is 0 Å². The van der Waals surface area contributed by atoms with Gasteiger partial charge in [-0.25, -0.2) is 4.98 Å². The lowest BCUT2D eigenvalue weighted by molar-refractivity contribution is 1.31. The van der Waals surface area contributed by atoms with Gasteiger partial charge in [-0.1, -0.05) is 33.6 Å². The van der Waals surface area contributed by atoms with Crippen LogP contribution in [0.3, 0.4) is 0 Å². The molecule has 66 valence electrons. The van der Waals surface area contributed by atoms with Crippen molar-refractivity contribution in [1.29, 1.82) is 0 Å². The van der Waals surface area contributed by atoms with E-state index in [4.69, 9.17) is 11.6 Å². The maximum Gasteiger partial charge on any atom is 0.138 e. The van der Waals surface area contributed by atoms with Gasteiger partial charge in [-0.05, 0) is 39.5 Å². The second-order valence-corrected chi connectivity index (χ2v) is 4.69. The molecule has 0 unspecified atom stereocenters. The molecule has 2 aromatic rings. The predicted octanol–water partition coefficient (Wildman–Crippen LogP) is 4.41. The van der Waals surface area contributed by atoms with E-state index in [1.165, 1.54) is 0 Å². The highest BCUT2D eigenvalue weighted by molar-refractivity contribution is 9.10. The van der Waals surface area contributed by atoms with Crippen molar-refractivity contribution in [2.45, 2.75) is 0 Å². The van der Waals surface area contributed by atoms with Crippen molar-refractivity contribution in [3.05, 3.63) is 38.5 Å². The quantitative estimate of drug-likeness (QED) is 0.655. The molecule has 0 saturated heterocycles. The molecule has 0 amide bonds. The van der Waals surface area contributed by atoms with Crippen molar-refractivity contribution in [3.8, 4) is 0 Å². The summed E-state index contributed by atoms with van der Waals surface area (Å²) in [7, 11) is 0. The minimum absolute atomic E-state index is 0.525. The molecule has 0 N–H and O–H groups in total. The van der Waals surface area contributed by atoms with E-state index >= 15 is 0 Å². The molecule has 1 aromatic heterocycles. The van der Waals surface area contributed by atoms with E-state index in [1.807, 2.05) is 24.3 Å². The third-order valence-corrected chi connectivity index (χ3v) is 2.90. The van der Waals surface area contributed by atoms with Crippen LogP contribution in [0.15, 0.2) is 33.3 Å². The maximum absolute atomic E-state index is 5.96. The highest BCUT2D eigenvalue weighted by Gasteiger charge is 2.02. The molecule has 2 rings (SSSR count). The van der Waals surface area contributed by atoms with Gasteiger partial charge in [0, 0.05) is 9.86 Å². The van der Waals surface area contributed by atoms with Gasteiger partial charge < -0.3 is 0 Å². The van der Waals surface area contributed by atoms with Crippen molar-refractivity contribution >= 4 is 54.2 Å². The Labute approximate surface area is 97.4 Å². The Morgan fingerprint density at radius 3 is 2.69 bits per heavy atom. The molecular formula is C9H4Br2ClN. The van der Waals surface area contributed by atoms with Crippen molar-refractivity contribution in [2.24, 2.45) is 0 Å². The van der Waals surface area contributed by atoms with Gasteiger partial charge in [-0.3, -0.25) is 0 Å². The number of aromatic nitrogens is 1. The minimum atomic E-state index is 0.525. The Kier molecular flexibility index (Phi) is 2.58. The van der Waals surface area contributed by atoms with E-state index in [0.29, 0.717) is 5.15 Å². The van der Waals surface area contributed by atoms with E-state index in [0.717, 1.165) is 19.8 Å². The van der Waals surface area contributed by atoms with Crippen molar-refractivity contribution < 1.29 is 0 Å².